The molecular weight excluding hydrogens is 274 g/mol. The fourth-order valence-corrected chi connectivity index (χ4v) is 2.34. The predicted octanol–water partition coefficient (Wildman–Crippen LogP) is 5.37. The van der Waals surface area contributed by atoms with Crippen LogP contribution in [0.25, 0.3) is 0 Å². The normalized spacial score (nSPS) is 12.8. The van der Waals surface area contributed by atoms with Crippen LogP contribution in [0.2, 0.25) is 0 Å². The van der Waals surface area contributed by atoms with Crippen LogP contribution in [0.1, 0.15) is 49.4 Å². The molecule has 0 spiro atoms. The standard InChI is InChI=1S/C13H17BrF2/c1-2-3-4-5-6-12(14)11-9-10(15)7-8-13(11)16/h7-9,12H,2-6H2,1H3. The van der Waals surface area contributed by atoms with Gasteiger partial charge < -0.3 is 0 Å². The molecule has 0 aromatic heterocycles. The number of hydrogen-bond donors (Lipinski definition) is 0. The van der Waals surface area contributed by atoms with Crippen LogP contribution in [0.3, 0.4) is 0 Å². The maximum Gasteiger partial charge on any atom is 0.127 e. The SMILES string of the molecule is CCCCCCC(Br)c1cc(F)ccc1F. The third-order valence-electron chi connectivity index (χ3n) is 2.61. The molecule has 0 radical (unpaired) electrons. The minimum absolute atomic E-state index is 0.0833. The van der Waals surface area contributed by atoms with Crippen LogP contribution in [0, 0.1) is 11.6 Å². The molecule has 0 heterocycles. The minimum atomic E-state index is -0.380. The zero-order chi connectivity index (χ0) is 12.0. The van der Waals surface area contributed by atoms with Crippen molar-refractivity contribution in [2.45, 2.75) is 43.9 Å². The molecule has 0 aliphatic rings. The monoisotopic (exact) mass is 290 g/mol. The Bertz CT molecular complexity index is 326. The Kier molecular flexibility index (Phi) is 5.96. The van der Waals surface area contributed by atoms with Crippen LogP contribution in [-0.4, -0.2) is 0 Å². The lowest BCUT2D eigenvalue weighted by Gasteiger charge is -2.11. The van der Waals surface area contributed by atoms with E-state index in [2.05, 4.69) is 22.9 Å². The van der Waals surface area contributed by atoms with Gasteiger partial charge in [0.25, 0.3) is 0 Å². The van der Waals surface area contributed by atoms with Gasteiger partial charge in [-0.15, -0.1) is 0 Å². The van der Waals surface area contributed by atoms with Gasteiger partial charge in [-0.2, -0.15) is 0 Å². The highest BCUT2D eigenvalue weighted by Crippen LogP contribution is 2.30. The molecule has 3 heteroatoms. The van der Waals surface area contributed by atoms with Crippen molar-refractivity contribution in [3.05, 3.63) is 35.4 Å². The van der Waals surface area contributed by atoms with Gasteiger partial charge >= 0.3 is 0 Å². The van der Waals surface area contributed by atoms with Crippen molar-refractivity contribution in [2.24, 2.45) is 0 Å². The molecule has 0 bridgehead atoms. The summed E-state index contributed by atoms with van der Waals surface area (Å²) in [5.74, 6) is -0.715. The van der Waals surface area contributed by atoms with Gasteiger partial charge in [0.2, 0.25) is 0 Å². The van der Waals surface area contributed by atoms with Gasteiger partial charge in [0, 0.05) is 10.4 Å². The van der Waals surface area contributed by atoms with Gasteiger partial charge in [0.1, 0.15) is 11.6 Å². The largest absolute Gasteiger partial charge is 0.207 e. The number of halogens is 3. The maximum absolute atomic E-state index is 13.4. The van der Waals surface area contributed by atoms with Gasteiger partial charge in [-0.1, -0.05) is 48.5 Å². The van der Waals surface area contributed by atoms with Crippen LogP contribution in [0.4, 0.5) is 8.78 Å². The Hall–Kier alpha value is -0.440. The highest BCUT2D eigenvalue weighted by molar-refractivity contribution is 9.09. The lowest BCUT2D eigenvalue weighted by atomic mass is 10.0. The quantitative estimate of drug-likeness (QED) is 0.488. The first kappa shape index (κ1) is 13.6. The summed E-state index contributed by atoms with van der Waals surface area (Å²) in [6.07, 6.45) is 5.42. The minimum Gasteiger partial charge on any atom is -0.207 e. The van der Waals surface area contributed by atoms with Crippen molar-refractivity contribution in [3.8, 4) is 0 Å². The van der Waals surface area contributed by atoms with E-state index >= 15 is 0 Å². The van der Waals surface area contributed by atoms with Gasteiger partial charge in [0.15, 0.2) is 0 Å². The van der Waals surface area contributed by atoms with Crippen LogP contribution in [0.15, 0.2) is 18.2 Å². The van der Waals surface area contributed by atoms with Crippen molar-refractivity contribution < 1.29 is 8.78 Å². The molecule has 0 aliphatic carbocycles. The molecule has 0 fully saturated rings. The summed E-state index contributed by atoms with van der Waals surface area (Å²) < 4.78 is 26.4. The number of rotatable bonds is 6. The molecule has 16 heavy (non-hydrogen) atoms. The number of hydrogen-bond acceptors (Lipinski definition) is 0. The van der Waals surface area contributed by atoms with E-state index < -0.39 is 0 Å². The fraction of sp³-hybridized carbons (Fsp3) is 0.538. The predicted molar refractivity (Wildman–Crippen MR) is 66.8 cm³/mol. The molecule has 1 rings (SSSR count). The van der Waals surface area contributed by atoms with Crippen LogP contribution in [0.5, 0.6) is 0 Å². The highest BCUT2D eigenvalue weighted by Gasteiger charge is 2.13. The van der Waals surface area contributed by atoms with E-state index in [0.717, 1.165) is 25.3 Å². The molecule has 0 N–H and O–H groups in total. The molecular formula is C13H17BrF2. The summed E-state index contributed by atoms with van der Waals surface area (Å²) in [5.41, 5.74) is 0.427. The first-order valence-corrected chi connectivity index (χ1v) is 6.65. The van der Waals surface area contributed by atoms with Crippen molar-refractivity contribution in [2.75, 3.05) is 0 Å². The smallest absolute Gasteiger partial charge is 0.127 e. The maximum atomic E-state index is 13.4. The van der Waals surface area contributed by atoms with Crippen LogP contribution < -0.4 is 0 Å². The van der Waals surface area contributed by atoms with Gasteiger partial charge in [-0.05, 0) is 24.6 Å². The Morgan fingerprint density at radius 1 is 1.19 bits per heavy atom. The molecule has 0 nitrogen and oxygen atoms in total. The molecule has 90 valence electrons. The topological polar surface area (TPSA) is 0 Å². The van der Waals surface area contributed by atoms with E-state index in [9.17, 15) is 8.78 Å². The van der Waals surface area contributed by atoms with Crippen molar-refractivity contribution >= 4 is 15.9 Å². The van der Waals surface area contributed by atoms with Gasteiger partial charge in [-0.25, -0.2) is 8.78 Å². The summed E-state index contributed by atoms with van der Waals surface area (Å²) in [5, 5.41) is 0. The van der Waals surface area contributed by atoms with Crippen molar-refractivity contribution in [1.82, 2.24) is 0 Å². The Labute approximate surface area is 104 Å². The van der Waals surface area contributed by atoms with Crippen molar-refractivity contribution in [1.29, 1.82) is 0 Å². The molecule has 1 unspecified atom stereocenters. The summed E-state index contributed by atoms with van der Waals surface area (Å²) in [4.78, 5) is -0.0833. The second-order valence-corrected chi connectivity index (χ2v) is 5.09. The van der Waals surface area contributed by atoms with Gasteiger partial charge in [-0.3, -0.25) is 0 Å². The summed E-state index contributed by atoms with van der Waals surface area (Å²) >= 11 is 3.42. The number of benzene rings is 1. The lowest BCUT2D eigenvalue weighted by Crippen LogP contribution is -1.96. The summed E-state index contributed by atoms with van der Waals surface area (Å²) in [6, 6.07) is 3.61. The number of alkyl halides is 1. The third-order valence-corrected chi connectivity index (χ3v) is 3.56. The van der Waals surface area contributed by atoms with E-state index in [-0.39, 0.29) is 16.5 Å². The van der Waals surface area contributed by atoms with E-state index in [1.54, 1.807) is 0 Å². The van der Waals surface area contributed by atoms with Crippen LogP contribution >= 0.6 is 15.9 Å². The first-order valence-electron chi connectivity index (χ1n) is 5.74. The first-order chi connectivity index (χ1) is 7.65. The van der Waals surface area contributed by atoms with E-state index in [4.69, 9.17) is 0 Å². The zero-order valence-corrected chi connectivity index (χ0v) is 11.1. The Morgan fingerprint density at radius 2 is 1.94 bits per heavy atom. The average molecular weight is 291 g/mol. The highest BCUT2D eigenvalue weighted by atomic mass is 79.9. The summed E-state index contributed by atoms with van der Waals surface area (Å²) in [7, 11) is 0. The zero-order valence-electron chi connectivity index (χ0n) is 9.48. The second-order valence-electron chi connectivity index (χ2n) is 3.98. The second kappa shape index (κ2) is 7.00. The molecule has 1 aromatic carbocycles. The number of unbranched alkanes of at least 4 members (excludes halogenated alkanes) is 3. The average Bonchev–Trinajstić information content (AvgIpc) is 2.27. The van der Waals surface area contributed by atoms with E-state index in [1.807, 2.05) is 0 Å². The van der Waals surface area contributed by atoms with E-state index in [0.29, 0.717) is 5.56 Å². The van der Waals surface area contributed by atoms with Gasteiger partial charge in [0.05, 0.1) is 0 Å². The molecule has 0 saturated carbocycles. The Morgan fingerprint density at radius 3 is 2.62 bits per heavy atom. The molecule has 0 amide bonds. The molecule has 0 saturated heterocycles. The molecule has 1 aromatic rings. The lowest BCUT2D eigenvalue weighted by molar-refractivity contribution is 0.569. The third kappa shape index (κ3) is 4.20. The molecule has 0 aliphatic heterocycles. The van der Waals surface area contributed by atoms with Crippen molar-refractivity contribution in [3.63, 3.8) is 0 Å². The Balaban J connectivity index is 2.51. The molecule has 1 atom stereocenters. The van der Waals surface area contributed by atoms with Crippen LogP contribution in [-0.2, 0) is 0 Å². The van der Waals surface area contributed by atoms with E-state index in [1.165, 1.54) is 25.0 Å². The fourth-order valence-electron chi connectivity index (χ4n) is 1.66. The summed E-state index contributed by atoms with van der Waals surface area (Å²) in [6.45, 7) is 2.15.